The van der Waals surface area contributed by atoms with Crippen molar-refractivity contribution in [1.82, 2.24) is 29.4 Å². The number of nitrogens with one attached hydrogen (secondary N) is 1. The van der Waals surface area contributed by atoms with E-state index in [4.69, 9.17) is 23.8 Å². The van der Waals surface area contributed by atoms with E-state index < -0.39 is 0 Å². The van der Waals surface area contributed by atoms with Crippen LogP contribution >= 0.6 is 39.7 Å². The average molecular weight is 537 g/mol. The molecule has 1 aliphatic rings. The van der Waals surface area contributed by atoms with E-state index >= 15 is 0 Å². The molecule has 0 amide bonds. The van der Waals surface area contributed by atoms with Crippen molar-refractivity contribution in [1.29, 1.82) is 0 Å². The highest BCUT2D eigenvalue weighted by Crippen LogP contribution is 2.23. The maximum atomic E-state index is 6.28. The van der Waals surface area contributed by atoms with Gasteiger partial charge in [-0.2, -0.15) is 10.2 Å². The van der Waals surface area contributed by atoms with Crippen LogP contribution < -0.4 is 5.32 Å². The Kier molecular flexibility index (Phi) is 7.50. The van der Waals surface area contributed by atoms with Gasteiger partial charge < -0.3 is 10.2 Å². The molecule has 170 valence electrons. The lowest BCUT2D eigenvalue weighted by Crippen LogP contribution is -2.49. The summed E-state index contributed by atoms with van der Waals surface area (Å²) in [6.07, 6.45) is 4.09. The first kappa shape index (κ1) is 23.2. The second-order valence-electron chi connectivity index (χ2n) is 7.90. The molecule has 1 fully saturated rings. The number of rotatable bonds is 6. The summed E-state index contributed by atoms with van der Waals surface area (Å²) in [5, 5.41) is 13.9. The lowest BCUT2D eigenvalue weighted by Gasteiger charge is -2.36. The molecular weight excluding hydrogens is 510 g/mol. The quantitative estimate of drug-likeness (QED) is 0.472. The summed E-state index contributed by atoms with van der Waals surface area (Å²) in [4.78, 5) is 4.66. The molecule has 4 rings (SSSR count). The normalized spacial score (nSPS) is 14.7. The first-order valence-corrected chi connectivity index (χ1v) is 12.3. The number of thiocarbonyl (C=S) groups is 1. The zero-order valence-electron chi connectivity index (χ0n) is 18.3. The molecule has 0 spiro atoms. The summed E-state index contributed by atoms with van der Waals surface area (Å²) in [6.45, 7) is 10.3. The van der Waals surface area contributed by atoms with E-state index in [2.05, 4.69) is 61.3 Å². The third kappa shape index (κ3) is 5.51. The predicted octanol–water partition coefficient (Wildman–Crippen LogP) is 4.39. The number of hydrogen-bond acceptors (Lipinski definition) is 4. The van der Waals surface area contributed by atoms with Crippen molar-refractivity contribution in [3.8, 4) is 0 Å². The van der Waals surface area contributed by atoms with Gasteiger partial charge in [0.15, 0.2) is 10.9 Å². The topological polar surface area (TPSA) is 54.1 Å². The Bertz CT molecular complexity index is 1090. The molecule has 2 aromatic heterocycles. The number of aryl methyl sites for hydroxylation is 2. The molecule has 0 saturated carbocycles. The maximum Gasteiger partial charge on any atom is 0.174 e. The Labute approximate surface area is 207 Å². The van der Waals surface area contributed by atoms with Gasteiger partial charge in [0.05, 0.1) is 16.7 Å². The van der Waals surface area contributed by atoms with Gasteiger partial charge >= 0.3 is 0 Å². The van der Waals surface area contributed by atoms with E-state index in [0.717, 1.165) is 60.0 Å². The third-order valence-corrected chi connectivity index (χ3v) is 6.97. The van der Waals surface area contributed by atoms with Crippen LogP contribution in [0.15, 0.2) is 41.1 Å². The summed E-state index contributed by atoms with van der Waals surface area (Å²) in [6, 6.07) is 7.80. The standard InChI is InChI=1S/C22H27BrClN7S/c1-3-30-14-18(16(2)26-30)12-28-8-10-29(11-9-28)22(32)25-21-19(23)15-31(27-21)13-17-6-4-5-7-20(17)24/h4-7,14-15H,3,8-13H2,1-2H3,(H,25,27,32). The molecule has 0 radical (unpaired) electrons. The van der Waals surface area contributed by atoms with Gasteiger partial charge in [-0.05, 0) is 53.6 Å². The van der Waals surface area contributed by atoms with E-state index in [1.807, 2.05) is 39.8 Å². The van der Waals surface area contributed by atoms with E-state index in [1.165, 1.54) is 5.56 Å². The Morgan fingerprint density at radius 3 is 2.50 bits per heavy atom. The molecule has 1 aliphatic heterocycles. The highest BCUT2D eigenvalue weighted by molar-refractivity contribution is 9.10. The molecule has 0 aliphatic carbocycles. The molecule has 0 unspecified atom stereocenters. The van der Waals surface area contributed by atoms with E-state index in [9.17, 15) is 0 Å². The molecular formula is C22H27BrClN7S. The first-order valence-electron chi connectivity index (χ1n) is 10.7. The van der Waals surface area contributed by atoms with Gasteiger partial charge in [-0.3, -0.25) is 14.3 Å². The number of nitrogens with zero attached hydrogens (tertiary/aromatic N) is 6. The van der Waals surface area contributed by atoms with Crippen molar-refractivity contribution in [2.45, 2.75) is 33.5 Å². The maximum absolute atomic E-state index is 6.28. The predicted molar refractivity (Wildman–Crippen MR) is 136 cm³/mol. The van der Waals surface area contributed by atoms with Crippen LogP contribution in [-0.4, -0.2) is 60.7 Å². The molecule has 3 heterocycles. The Balaban J connectivity index is 1.31. The Morgan fingerprint density at radius 1 is 1.06 bits per heavy atom. The van der Waals surface area contributed by atoms with Crippen molar-refractivity contribution in [2.24, 2.45) is 0 Å². The highest BCUT2D eigenvalue weighted by atomic mass is 79.9. The lowest BCUT2D eigenvalue weighted by atomic mass is 10.2. The number of piperazine rings is 1. The van der Waals surface area contributed by atoms with Gasteiger partial charge in [0.25, 0.3) is 0 Å². The van der Waals surface area contributed by atoms with Crippen LogP contribution in [0.1, 0.15) is 23.7 Å². The van der Waals surface area contributed by atoms with Crippen LogP contribution in [-0.2, 0) is 19.6 Å². The van der Waals surface area contributed by atoms with Gasteiger partial charge in [0.2, 0.25) is 0 Å². The molecule has 1 aromatic carbocycles. The summed E-state index contributed by atoms with van der Waals surface area (Å²) in [5.74, 6) is 0.715. The zero-order valence-corrected chi connectivity index (χ0v) is 21.4. The van der Waals surface area contributed by atoms with Gasteiger partial charge in [-0.1, -0.05) is 29.8 Å². The third-order valence-electron chi connectivity index (χ3n) is 5.66. The molecule has 0 atom stereocenters. The van der Waals surface area contributed by atoms with Crippen LogP contribution in [0.25, 0.3) is 0 Å². The minimum Gasteiger partial charge on any atom is -0.346 e. The van der Waals surface area contributed by atoms with Crippen LogP contribution in [0.4, 0.5) is 5.82 Å². The number of anilines is 1. The van der Waals surface area contributed by atoms with E-state index in [1.54, 1.807) is 0 Å². The number of hydrogen-bond donors (Lipinski definition) is 1. The van der Waals surface area contributed by atoms with E-state index in [0.29, 0.717) is 17.5 Å². The van der Waals surface area contributed by atoms with Crippen molar-refractivity contribution >= 4 is 50.7 Å². The minimum absolute atomic E-state index is 0.597. The second kappa shape index (κ2) is 10.3. The fraction of sp³-hybridized carbons (Fsp3) is 0.409. The van der Waals surface area contributed by atoms with Crippen LogP contribution in [0.5, 0.6) is 0 Å². The fourth-order valence-corrected chi connectivity index (χ4v) is 4.66. The van der Waals surface area contributed by atoms with Crippen LogP contribution in [0.2, 0.25) is 5.02 Å². The van der Waals surface area contributed by atoms with Crippen molar-refractivity contribution < 1.29 is 0 Å². The molecule has 10 heteroatoms. The molecule has 1 N–H and O–H groups in total. The number of aromatic nitrogens is 4. The summed E-state index contributed by atoms with van der Waals surface area (Å²) in [5.41, 5.74) is 3.44. The molecule has 3 aromatic rings. The van der Waals surface area contributed by atoms with Gasteiger partial charge in [-0.25, -0.2) is 0 Å². The van der Waals surface area contributed by atoms with E-state index in [-0.39, 0.29) is 0 Å². The fourth-order valence-electron chi connectivity index (χ4n) is 3.77. The Hall–Kier alpha value is -1.94. The SMILES string of the molecule is CCn1cc(CN2CCN(C(=S)Nc3nn(Cc4ccccc4Cl)cc3Br)CC2)c(C)n1. The second-order valence-corrected chi connectivity index (χ2v) is 9.55. The first-order chi connectivity index (χ1) is 15.4. The molecule has 32 heavy (non-hydrogen) atoms. The lowest BCUT2D eigenvalue weighted by molar-refractivity contribution is 0.176. The zero-order chi connectivity index (χ0) is 22.7. The van der Waals surface area contributed by atoms with Crippen molar-refractivity contribution in [3.05, 3.63) is 63.0 Å². The molecule has 1 saturated heterocycles. The van der Waals surface area contributed by atoms with Gasteiger partial charge in [0.1, 0.15) is 0 Å². The number of benzene rings is 1. The van der Waals surface area contributed by atoms with Crippen LogP contribution in [0, 0.1) is 6.92 Å². The Morgan fingerprint density at radius 2 is 1.81 bits per heavy atom. The summed E-state index contributed by atoms with van der Waals surface area (Å²) in [7, 11) is 0. The highest BCUT2D eigenvalue weighted by Gasteiger charge is 2.21. The minimum atomic E-state index is 0.597. The smallest absolute Gasteiger partial charge is 0.174 e. The average Bonchev–Trinajstić information content (AvgIpc) is 3.31. The van der Waals surface area contributed by atoms with Crippen LogP contribution in [0.3, 0.4) is 0 Å². The largest absolute Gasteiger partial charge is 0.346 e. The van der Waals surface area contributed by atoms with Crippen molar-refractivity contribution in [2.75, 3.05) is 31.5 Å². The van der Waals surface area contributed by atoms with Crippen molar-refractivity contribution in [3.63, 3.8) is 0 Å². The monoisotopic (exact) mass is 535 g/mol. The summed E-state index contributed by atoms with van der Waals surface area (Å²) < 4.78 is 4.73. The molecule has 7 nitrogen and oxygen atoms in total. The summed E-state index contributed by atoms with van der Waals surface area (Å²) >= 11 is 15.5. The van der Waals surface area contributed by atoms with Gasteiger partial charge in [-0.15, -0.1) is 0 Å². The van der Waals surface area contributed by atoms with Gasteiger partial charge in [0, 0.05) is 62.2 Å². The number of halogens is 2. The molecule has 0 bridgehead atoms.